The number of allylic oxidation sites excluding steroid dienone is 1. The summed E-state index contributed by atoms with van der Waals surface area (Å²) in [7, 11) is 0. The van der Waals surface area contributed by atoms with Gasteiger partial charge in [-0.25, -0.2) is 9.18 Å². The van der Waals surface area contributed by atoms with Gasteiger partial charge in [-0.2, -0.15) is 0 Å². The van der Waals surface area contributed by atoms with Crippen LogP contribution in [0, 0.1) is 12.7 Å². The van der Waals surface area contributed by atoms with Gasteiger partial charge in [-0.15, -0.1) is 0 Å². The lowest BCUT2D eigenvalue weighted by Gasteiger charge is -2.33. The van der Waals surface area contributed by atoms with E-state index in [0.29, 0.717) is 29.9 Å². The molecule has 0 radical (unpaired) electrons. The van der Waals surface area contributed by atoms with Crippen LogP contribution in [0.1, 0.15) is 44.2 Å². The minimum absolute atomic E-state index is 0.0103. The van der Waals surface area contributed by atoms with Crippen molar-refractivity contribution in [2.45, 2.75) is 52.7 Å². The third-order valence-electron chi connectivity index (χ3n) is 7.00. The molecule has 0 spiro atoms. The minimum Gasteiger partial charge on any atom is -0.482 e. The highest BCUT2D eigenvalue weighted by molar-refractivity contribution is 6.05. The van der Waals surface area contributed by atoms with Crippen molar-refractivity contribution >= 4 is 23.3 Å². The Morgan fingerprint density at radius 2 is 1.77 bits per heavy atom. The average molecular weight is 545 g/mol. The van der Waals surface area contributed by atoms with Gasteiger partial charge < -0.3 is 25.2 Å². The molecule has 0 bridgehead atoms. The van der Waals surface area contributed by atoms with Crippen molar-refractivity contribution in [2.24, 2.45) is 0 Å². The highest BCUT2D eigenvalue weighted by atomic mass is 19.1. The molecule has 1 atom stereocenters. The van der Waals surface area contributed by atoms with Crippen molar-refractivity contribution in [3.63, 3.8) is 0 Å². The first-order valence-corrected chi connectivity index (χ1v) is 13.7. The highest BCUT2D eigenvalue weighted by Crippen LogP contribution is 2.28. The van der Waals surface area contributed by atoms with Crippen LogP contribution >= 0.6 is 0 Å². The van der Waals surface area contributed by atoms with Crippen LogP contribution in [0.4, 0.5) is 20.6 Å². The maximum Gasteiger partial charge on any atom is 0.323 e. The Morgan fingerprint density at radius 1 is 1.07 bits per heavy atom. The number of hydrogen-bond acceptors (Lipinski definition) is 4. The molecular weight excluding hydrogens is 507 g/mol. The summed E-state index contributed by atoms with van der Waals surface area (Å²) in [6.45, 7) is 6.42. The van der Waals surface area contributed by atoms with Crippen LogP contribution in [-0.4, -0.2) is 36.1 Å². The van der Waals surface area contributed by atoms with Crippen LogP contribution in [0.25, 0.3) is 0 Å². The summed E-state index contributed by atoms with van der Waals surface area (Å²) in [5, 5.41) is 6.17. The van der Waals surface area contributed by atoms with E-state index >= 15 is 0 Å². The van der Waals surface area contributed by atoms with Gasteiger partial charge >= 0.3 is 6.03 Å². The van der Waals surface area contributed by atoms with E-state index < -0.39 is 0 Å². The first-order chi connectivity index (χ1) is 19.4. The number of anilines is 2. The summed E-state index contributed by atoms with van der Waals surface area (Å²) >= 11 is 0. The second-order valence-corrected chi connectivity index (χ2v) is 9.92. The van der Waals surface area contributed by atoms with E-state index in [1.165, 1.54) is 12.1 Å². The summed E-state index contributed by atoms with van der Waals surface area (Å²) in [4.78, 5) is 30.5. The number of amides is 3. The molecule has 3 aromatic rings. The molecule has 0 saturated carbocycles. The third kappa shape index (κ3) is 7.20. The molecule has 1 heterocycles. The maximum absolute atomic E-state index is 14.1. The van der Waals surface area contributed by atoms with Crippen LogP contribution < -0.4 is 15.5 Å². The Morgan fingerprint density at radius 3 is 2.45 bits per heavy atom. The summed E-state index contributed by atoms with van der Waals surface area (Å²) in [6, 6.07) is 23.5. The summed E-state index contributed by atoms with van der Waals surface area (Å²) in [6.07, 6.45) is 2.27. The van der Waals surface area contributed by atoms with Gasteiger partial charge in [0.05, 0.1) is 12.4 Å². The van der Waals surface area contributed by atoms with Crippen LogP contribution in [0.3, 0.4) is 0 Å². The molecule has 0 aliphatic carbocycles. The topological polar surface area (TPSA) is 73.9 Å². The number of nitrogens with one attached hydrogen (secondary N) is 2. The first kappa shape index (κ1) is 28.7. The summed E-state index contributed by atoms with van der Waals surface area (Å²) in [5.41, 5.74) is 3.40. The largest absolute Gasteiger partial charge is 0.482 e. The number of carbonyl (C=O) groups is 2. The highest BCUT2D eigenvalue weighted by Gasteiger charge is 2.31. The Labute approximate surface area is 235 Å². The lowest BCUT2D eigenvalue weighted by Crippen LogP contribution is -2.44. The predicted molar refractivity (Wildman–Crippen MR) is 156 cm³/mol. The fourth-order valence-corrected chi connectivity index (χ4v) is 4.71. The van der Waals surface area contributed by atoms with Gasteiger partial charge in [0.15, 0.2) is 0 Å². The average Bonchev–Trinajstić information content (AvgIpc) is 2.95. The van der Waals surface area contributed by atoms with Gasteiger partial charge in [0, 0.05) is 24.0 Å². The van der Waals surface area contributed by atoms with Crippen molar-refractivity contribution in [3.8, 4) is 0 Å². The zero-order valence-corrected chi connectivity index (χ0v) is 23.3. The number of nitrogens with zero attached hydrogens (tertiary/aromatic N) is 2. The van der Waals surface area contributed by atoms with Crippen molar-refractivity contribution in [2.75, 3.05) is 23.4 Å². The molecule has 3 amide bonds. The van der Waals surface area contributed by atoms with Crippen LogP contribution in [-0.2, 0) is 16.1 Å². The van der Waals surface area contributed by atoms with Gasteiger partial charge in [0.1, 0.15) is 12.4 Å². The van der Waals surface area contributed by atoms with Crippen molar-refractivity contribution < 1.29 is 18.7 Å². The number of carbonyl (C=O) groups excluding carboxylic acids is 2. The fourth-order valence-electron chi connectivity index (χ4n) is 4.71. The molecule has 1 aliphatic rings. The number of aryl methyl sites for hydroxylation is 1. The third-order valence-corrected chi connectivity index (χ3v) is 7.00. The molecule has 8 heteroatoms. The molecule has 1 unspecified atom stereocenters. The second-order valence-electron chi connectivity index (χ2n) is 9.92. The van der Waals surface area contributed by atoms with Crippen molar-refractivity contribution in [1.82, 2.24) is 10.2 Å². The van der Waals surface area contributed by atoms with Crippen molar-refractivity contribution in [3.05, 3.63) is 107 Å². The van der Waals surface area contributed by atoms with E-state index in [1.807, 2.05) is 67.6 Å². The summed E-state index contributed by atoms with van der Waals surface area (Å²) < 4.78 is 19.9. The minimum atomic E-state index is -0.329. The van der Waals surface area contributed by atoms with E-state index in [2.05, 4.69) is 17.6 Å². The summed E-state index contributed by atoms with van der Waals surface area (Å²) in [5.74, 6) is -0.286. The van der Waals surface area contributed by atoms with Gasteiger partial charge in [0.25, 0.3) is 5.91 Å². The number of rotatable bonds is 9. The van der Waals surface area contributed by atoms with Crippen LogP contribution in [0.5, 0.6) is 0 Å². The molecule has 40 heavy (non-hydrogen) atoms. The fraction of sp³-hybridized carbons (Fsp3) is 0.312. The van der Waals surface area contributed by atoms with Gasteiger partial charge in [0.2, 0.25) is 5.76 Å². The van der Waals surface area contributed by atoms with E-state index in [4.69, 9.17) is 4.74 Å². The Hall–Kier alpha value is -4.33. The lowest BCUT2D eigenvalue weighted by molar-refractivity contribution is -0.119. The number of halogens is 1. The maximum atomic E-state index is 14.1. The monoisotopic (exact) mass is 544 g/mol. The Balaban J connectivity index is 1.58. The predicted octanol–water partition coefficient (Wildman–Crippen LogP) is 6.57. The van der Waals surface area contributed by atoms with Gasteiger partial charge in [-0.1, -0.05) is 48.5 Å². The molecule has 0 fully saturated rings. The molecule has 1 aliphatic heterocycles. The first-order valence-electron chi connectivity index (χ1n) is 13.7. The number of para-hydroxylation sites is 1. The van der Waals surface area contributed by atoms with Crippen LogP contribution in [0.2, 0.25) is 0 Å². The van der Waals surface area contributed by atoms with E-state index in [9.17, 15) is 14.0 Å². The van der Waals surface area contributed by atoms with Crippen LogP contribution in [0.15, 0.2) is 90.3 Å². The SMILES string of the molecule is CCN(CN/C1=C(\OCc2ccccc2)C(=O)N(c2ccccc2)C(C)CCC1)C(=O)Nc1ccc(F)c(C)c1. The molecule has 4 rings (SSSR count). The molecule has 2 N–H and O–H groups in total. The molecular formula is C32H37FN4O3. The number of urea groups is 1. The standard InChI is InChI=1S/C32H37FN4O3/c1-4-36(32(39)35-26-18-19-28(33)23(2)20-26)22-34-29-17-11-12-24(3)37(27-15-9-6-10-16-27)31(38)30(29)40-21-25-13-7-5-8-14-25/h5-10,13-16,18-20,24,34H,4,11-12,17,21-22H2,1-3H3,(H,35,39)/b30-29-. The Bertz CT molecular complexity index is 1330. The number of hydrogen-bond donors (Lipinski definition) is 2. The molecule has 0 aromatic heterocycles. The smallest absolute Gasteiger partial charge is 0.323 e. The second kappa shape index (κ2) is 13.6. The van der Waals surface area contributed by atoms with Crippen molar-refractivity contribution in [1.29, 1.82) is 0 Å². The van der Waals surface area contributed by atoms with E-state index in [0.717, 1.165) is 24.1 Å². The van der Waals surface area contributed by atoms with E-state index in [1.54, 1.807) is 22.8 Å². The van der Waals surface area contributed by atoms with Gasteiger partial charge in [-0.05, 0) is 81.5 Å². The number of benzene rings is 3. The number of ether oxygens (including phenoxy) is 1. The zero-order chi connectivity index (χ0) is 28.5. The Kier molecular flexibility index (Phi) is 9.78. The lowest BCUT2D eigenvalue weighted by atomic mass is 10.0. The van der Waals surface area contributed by atoms with E-state index in [-0.39, 0.29) is 42.8 Å². The molecule has 210 valence electrons. The zero-order valence-electron chi connectivity index (χ0n) is 23.3. The molecule has 3 aromatic carbocycles. The quantitative estimate of drug-likeness (QED) is 0.299. The molecule has 7 nitrogen and oxygen atoms in total. The van der Waals surface area contributed by atoms with Gasteiger partial charge in [-0.3, -0.25) is 4.79 Å². The normalized spacial score (nSPS) is 17.6. The molecule has 0 saturated heterocycles.